The highest BCUT2D eigenvalue weighted by Crippen LogP contribution is 2.36. The first-order chi connectivity index (χ1) is 7.72. The molecule has 80 valence electrons. The van der Waals surface area contributed by atoms with E-state index in [0.717, 1.165) is 22.6 Å². The average molecular weight is 252 g/mol. The molecule has 0 amide bonds. The summed E-state index contributed by atoms with van der Waals surface area (Å²) in [5.74, 6) is -0.210. The fourth-order valence-corrected chi connectivity index (χ4v) is 2.94. The van der Waals surface area contributed by atoms with Crippen molar-refractivity contribution < 1.29 is 4.39 Å². The van der Waals surface area contributed by atoms with Crippen molar-refractivity contribution in [3.63, 3.8) is 0 Å². The molecule has 0 saturated carbocycles. The maximum atomic E-state index is 12.8. The molecule has 1 nitrogen and oxygen atoms in total. The Bertz CT molecular complexity index is 571. The fraction of sp³-hybridized carbons (Fsp3) is 0.0833. The number of halogens is 2. The van der Waals surface area contributed by atoms with Crippen LogP contribution in [0.1, 0.15) is 16.1 Å². The summed E-state index contributed by atoms with van der Waals surface area (Å²) in [4.78, 5) is 5.36. The molecule has 1 aliphatic carbocycles. The Kier molecular flexibility index (Phi) is 2.30. The van der Waals surface area contributed by atoms with Gasteiger partial charge in [-0.3, -0.25) is 0 Å². The van der Waals surface area contributed by atoms with Gasteiger partial charge in [-0.1, -0.05) is 23.7 Å². The van der Waals surface area contributed by atoms with Gasteiger partial charge >= 0.3 is 0 Å². The zero-order chi connectivity index (χ0) is 11.1. The lowest BCUT2D eigenvalue weighted by molar-refractivity contribution is 0.627. The van der Waals surface area contributed by atoms with E-state index in [4.69, 9.17) is 11.6 Å². The summed E-state index contributed by atoms with van der Waals surface area (Å²) >= 11 is 7.30. The van der Waals surface area contributed by atoms with E-state index >= 15 is 0 Å². The van der Waals surface area contributed by atoms with Crippen LogP contribution in [0.5, 0.6) is 0 Å². The average Bonchev–Trinajstić information content (AvgIpc) is 2.75. The Morgan fingerprint density at radius 2 is 2.00 bits per heavy atom. The second-order valence-electron chi connectivity index (χ2n) is 3.63. The maximum Gasteiger partial charge on any atom is 0.184 e. The van der Waals surface area contributed by atoms with Crippen LogP contribution in [-0.4, -0.2) is 4.98 Å². The lowest BCUT2D eigenvalue weighted by Crippen LogP contribution is -1.86. The van der Waals surface area contributed by atoms with Crippen LogP contribution in [0, 0.1) is 5.82 Å². The molecule has 16 heavy (non-hydrogen) atoms. The third-order valence-electron chi connectivity index (χ3n) is 2.58. The molecule has 2 aromatic rings. The van der Waals surface area contributed by atoms with Crippen molar-refractivity contribution >= 4 is 34.6 Å². The van der Waals surface area contributed by atoms with Gasteiger partial charge in [0.05, 0.1) is 10.6 Å². The first-order valence-corrected chi connectivity index (χ1v) is 6.03. The Morgan fingerprint density at radius 3 is 2.69 bits per heavy atom. The smallest absolute Gasteiger partial charge is 0.184 e. The van der Waals surface area contributed by atoms with Gasteiger partial charge in [0.1, 0.15) is 5.82 Å². The molecule has 0 saturated heterocycles. The van der Waals surface area contributed by atoms with E-state index in [1.165, 1.54) is 29.0 Å². The van der Waals surface area contributed by atoms with E-state index in [-0.39, 0.29) is 5.82 Å². The van der Waals surface area contributed by atoms with Crippen LogP contribution in [-0.2, 0) is 6.42 Å². The van der Waals surface area contributed by atoms with Gasteiger partial charge in [-0.2, -0.15) is 0 Å². The van der Waals surface area contributed by atoms with Gasteiger partial charge in [-0.15, -0.1) is 11.3 Å². The molecule has 1 heterocycles. The summed E-state index contributed by atoms with van der Waals surface area (Å²) in [5.41, 5.74) is 3.24. The van der Waals surface area contributed by atoms with Gasteiger partial charge in [-0.05, 0) is 29.3 Å². The van der Waals surface area contributed by atoms with E-state index in [1.54, 1.807) is 12.1 Å². The fourth-order valence-electron chi connectivity index (χ4n) is 1.81. The molecule has 1 aliphatic rings. The van der Waals surface area contributed by atoms with Crippen LogP contribution < -0.4 is 0 Å². The van der Waals surface area contributed by atoms with Gasteiger partial charge in [-0.25, -0.2) is 9.37 Å². The van der Waals surface area contributed by atoms with Crippen LogP contribution >= 0.6 is 22.9 Å². The third kappa shape index (κ3) is 1.66. The van der Waals surface area contributed by atoms with Crippen molar-refractivity contribution in [3.05, 3.63) is 50.7 Å². The third-order valence-corrected chi connectivity index (χ3v) is 3.73. The van der Waals surface area contributed by atoms with E-state index in [1.807, 2.05) is 0 Å². The normalized spacial score (nSPS) is 13.8. The highest BCUT2D eigenvalue weighted by molar-refractivity contribution is 7.16. The molecule has 0 radical (unpaired) electrons. The molecular weight excluding hydrogens is 245 g/mol. The number of benzene rings is 1. The second-order valence-corrected chi connectivity index (χ2v) is 5.24. The van der Waals surface area contributed by atoms with Crippen molar-refractivity contribution in [2.75, 3.05) is 0 Å². The molecule has 0 bridgehead atoms. The van der Waals surface area contributed by atoms with Crippen LogP contribution in [0.2, 0.25) is 4.47 Å². The van der Waals surface area contributed by atoms with Crippen molar-refractivity contribution in [1.29, 1.82) is 0 Å². The first kappa shape index (κ1) is 10.00. The number of hydrogen-bond donors (Lipinski definition) is 0. The summed E-state index contributed by atoms with van der Waals surface area (Å²) in [7, 11) is 0. The van der Waals surface area contributed by atoms with Gasteiger partial charge in [0.15, 0.2) is 4.47 Å². The largest absolute Gasteiger partial charge is 0.229 e. The SMILES string of the molecule is Fc1ccc(C2=Cc3sc(Cl)nc3C2)cc1. The maximum absolute atomic E-state index is 12.8. The monoisotopic (exact) mass is 251 g/mol. The number of nitrogens with zero attached hydrogens (tertiary/aromatic N) is 1. The van der Waals surface area contributed by atoms with E-state index in [9.17, 15) is 4.39 Å². The summed E-state index contributed by atoms with van der Waals surface area (Å²) in [6.45, 7) is 0. The highest BCUT2D eigenvalue weighted by atomic mass is 35.5. The van der Waals surface area contributed by atoms with Gasteiger partial charge in [0.2, 0.25) is 0 Å². The van der Waals surface area contributed by atoms with Gasteiger partial charge in [0, 0.05) is 6.42 Å². The number of rotatable bonds is 1. The standard InChI is InChI=1S/C12H7ClFNS/c13-12-15-10-5-8(6-11(10)16-12)7-1-3-9(14)4-2-7/h1-4,6H,5H2. The molecule has 3 rings (SSSR count). The number of fused-ring (bicyclic) bond motifs is 1. The minimum atomic E-state index is -0.210. The van der Waals surface area contributed by atoms with Crippen molar-refractivity contribution in [1.82, 2.24) is 4.98 Å². The number of allylic oxidation sites excluding steroid dienone is 1. The number of aromatic nitrogens is 1. The predicted molar refractivity (Wildman–Crippen MR) is 65.1 cm³/mol. The Labute approximate surface area is 101 Å². The first-order valence-electron chi connectivity index (χ1n) is 4.84. The van der Waals surface area contributed by atoms with Gasteiger partial charge in [0.25, 0.3) is 0 Å². The minimum Gasteiger partial charge on any atom is -0.229 e. The molecule has 1 aromatic carbocycles. The molecule has 0 aliphatic heterocycles. The quantitative estimate of drug-likeness (QED) is 0.746. The van der Waals surface area contributed by atoms with Gasteiger partial charge < -0.3 is 0 Å². The summed E-state index contributed by atoms with van der Waals surface area (Å²) < 4.78 is 13.4. The summed E-state index contributed by atoms with van der Waals surface area (Å²) in [5, 5.41) is 0. The molecule has 4 heteroatoms. The van der Waals surface area contributed by atoms with Crippen molar-refractivity contribution in [2.45, 2.75) is 6.42 Å². The molecule has 0 fully saturated rings. The molecule has 0 spiro atoms. The summed E-state index contributed by atoms with van der Waals surface area (Å²) in [6.07, 6.45) is 2.86. The molecule has 1 aromatic heterocycles. The van der Waals surface area contributed by atoms with Crippen LogP contribution in [0.3, 0.4) is 0 Å². The van der Waals surface area contributed by atoms with Crippen LogP contribution in [0.15, 0.2) is 24.3 Å². The minimum absolute atomic E-state index is 0.210. The highest BCUT2D eigenvalue weighted by Gasteiger charge is 2.18. The lowest BCUT2D eigenvalue weighted by Gasteiger charge is -2.01. The van der Waals surface area contributed by atoms with Crippen LogP contribution in [0.25, 0.3) is 11.6 Å². The van der Waals surface area contributed by atoms with E-state index in [2.05, 4.69) is 11.1 Å². The second kappa shape index (κ2) is 3.68. The Hall–Kier alpha value is -1.19. The predicted octanol–water partition coefficient (Wildman–Crippen LogP) is 4.03. The molecule has 0 unspecified atom stereocenters. The molecular formula is C12H7ClFNS. The topological polar surface area (TPSA) is 12.9 Å². The zero-order valence-electron chi connectivity index (χ0n) is 8.21. The Balaban J connectivity index is 1.97. The van der Waals surface area contributed by atoms with Crippen molar-refractivity contribution in [2.24, 2.45) is 0 Å². The molecule has 0 atom stereocenters. The van der Waals surface area contributed by atoms with Crippen molar-refractivity contribution in [3.8, 4) is 0 Å². The van der Waals surface area contributed by atoms with Crippen LogP contribution in [0.4, 0.5) is 4.39 Å². The van der Waals surface area contributed by atoms with E-state index in [0.29, 0.717) is 4.47 Å². The lowest BCUT2D eigenvalue weighted by atomic mass is 10.1. The number of hydrogen-bond acceptors (Lipinski definition) is 2. The summed E-state index contributed by atoms with van der Waals surface area (Å²) in [6, 6.07) is 6.53. The Morgan fingerprint density at radius 1 is 1.25 bits per heavy atom. The number of thiazole rings is 1. The zero-order valence-corrected chi connectivity index (χ0v) is 9.78. The molecule has 0 N–H and O–H groups in total. The van der Waals surface area contributed by atoms with E-state index < -0.39 is 0 Å².